The first-order chi connectivity index (χ1) is 12.9. The van der Waals surface area contributed by atoms with E-state index in [9.17, 15) is 9.59 Å². The number of rotatable bonds is 7. The zero-order chi connectivity index (χ0) is 19.8. The number of nitriles is 1. The fraction of sp³-hybridized carbons (Fsp3) is 0.286. The zero-order valence-electron chi connectivity index (χ0n) is 15.6. The highest BCUT2D eigenvalue weighted by molar-refractivity contribution is 5.92. The summed E-state index contributed by atoms with van der Waals surface area (Å²) in [6.07, 6.45) is 2.26. The quantitative estimate of drug-likeness (QED) is 0.555. The van der Waals surface area contributed by atoms with Crippen molar-refractivity contribution in [3.8, 4) is 11.8 Å². The van der Waals surface area contributed by atoms with E-state index in [1.54, 1.807) is 20.2 Å². The Labute approximate surface area is 158 Å². The van der Waals surface area contributed by atoms with Gasteiger partial charge in [0, 0.05) is 19.7 Å². The van der Waals surface area contributed by atoms with Crippen LogP contribution in [0.1, 0.15) is 18.9 Å². The Morgan fingerprint density at radius 2 is 1.93 bits per heavy atom. The molecular weight excluding hydrogens is 344 g/mol. The Balaban J connectivity index is 1.98. The summed E-state index contributed by atoms with van der Waals surface area (Å²) >= 11 is 0. The Morgan fingerprint density at radius 3 is 2.63 bits per heavy atom. The van der Waals surface area contributed by atoms with Gasteiger partial charge in [-0.25, -0.2) is 4.79 Å². The van der Waals surface area contributed by atoms with Gasteiger partial charge in [0.25, 0.3) is 5.91 Å². The molecule has 0 spiro atoms. The van der Waals surface area contributed by atoms with E-state index in [-0.39, 0.29) is 12.3 Å². The van der Waals surface area contributed by atoms with E-state index < -0.39 is 12.1 Å². The molecular formula is C21H22N2O4. The van der Waals surface area contributed by atoms with Crippen molar-refractivity contribution >= 4 is 28.7 Å². The summed E-state index contributed by atoms with van der Waals surface area (Å²) in [5.41, 5.74) is 0.842. The standard InChI is InChI=1S/C21H22N2O4/c1-15(21(25)23(2)12-4-11-22)27-20(24)10-6-16-5-7-18-14-19(26-3)9-8-17(18)13-16/h5-10,13-15H,4,12H2,1-3H3/b10-6+/t15-/m1/s1. The highest BCUT2D eigenvalue weighted by Gasteiger charge is 2.20. The van der Waals surface area contributed by atoms with Gasteiger partial charge < -0.3 is 14.4 Å². The van der Waals surface area contributed by atoms with Gasteiger partial charge in [0.1, 0.15) is 5.75 Å². The first-order valence-corrected chi connectivity index (χ1v) is 8.53. The van der Waals surface area contributed by atoms with Gasteiger partial charge in [0.15, 0.2) is 6.10 Å². The van der Waals surface area contributed by atoms with Crippen LogP contribution in [0.25, 0.3) is 16.8 Å². The van der Waals surface area contributed by atoms with E-state index in [4.69, 9.17) is 14.7 Å². The molecule has 2 rings (SSSR count). The lowest BCUT2D eigenvalue weighted by molar-refractivity contribution is -0.154. The van der Waals surface area contributed by atoms with E-state index in [1.165, 1.54) is 17.9 Å². The Kier molecular flexibility index (Phi) is 6.95. The van der Waals surface area contributed by atoms with Crippen LogP contribution in [0.5, 0.6) is 5.75 Å². The van der Waals surface area contributed by atoms with Crippen LogP contribution in [0.4, 0.5) is 0 Å². The number of esters is 1. The number of nitrogens with zero attached hydrogens (tertiary/aromatic N) is 2. The Morgan fingerprint density at radius 1 is 1.22 bits per heavy atom. The smallest absolute Gasteiger partial charge is 0.331 e. The van der Waals surface area contributed by atoms with E-state index in [1.807, 2.05) is 42.5 Å². The topological polar surface area (TPSA) is 79.6 Å². The molecule has 0 unspecified atom stereocenters. The van der Waals surface area contributed by atoms with E-state index in [0.29, 0.717) is 6.54 Å². The van der Waals surface area contributed by atoms with Crippen molar-refractivity contribution in [1.82, 2.24) is 4.90 Å². The number of amides is 1. The van der Waals surface area contributed by atoms with E-state index in [0.717, 1.165) is 22.1 Å². The summed E-state index contributed by atoms with van der Waals surface area (Å²) in [5, 5.41) is 10.6. The lowest BCUT2D eigenvalue weighted by Gasteiger charge is -2.19. The second-order valence-corrected chi connectivity index (χ2v) is 6.05. The van der Waals surface area contributed by atoms with Gasteiger partial charge in [-0.05, 0) is 47.5 Å². The fourth-order valence-electron chi connectivity index (χ4n) is 2.54. The van der Waals surface area contributed by atoms with Crippen LogP contribution >= 0.6 is 0 Å². The van der Waals surface area contributed by atoms with Crippen molar-refractivity contribution < 1.29 is 19.1 Å². The van der Waals surface area contributed by atoms with E-state index >= 15 is 0 Å². The number of ether oxygens (including phenoxy) is 2. The summed E-state index contributed by atoms with van der Waals surface area (Å²) in [5.74, 6) is -0.154. The average Bonchev–Trinajstić information content (AvgIpc) is 2.69. The lowest BCUT2D eigenvalue weighted by Crippen LogP contribution is -2.37. The molecule has 27 heavy (non-hydrogen) atoms. The van der Waals surface area contributed by atoms with Crippen LogP contribution in [0.2, 0.25) is 0 Å². The first-order valence-electron chi connectivity index (χ1n) is 8.53. The molecule has 0 saturated heterocycles. The van der Waals surface area contributed by atoms with E-state index in [2.05, 4.69) is 0 Å². The molecule has 0 aromatic heterocycles. The predicted octanol–water partition coefficient (Wildman–Crippen LogP) is 3.17. The maximum absolute atomic E-state index is 12.1. The van der Waals surface area contributed by atoms with Crippen molar-refractivity contribution in [2.45, 2.75) is 19.4 Å². The number of carbonyl (C=O) groups is 2. The molecule has 0 N–H and O–H groups in total. The molecule has 6 nitrogen and oxygen atoms in total. The maximum atomic E-state index is 12.1. The molecule has 0 bridgehead atoms. The van der Waals surface area contributed by atoms with Crippen LogP contribution in [0.15, 0.2) is 42.5 Å². The SMILES string of the molecule is COc1ccc2cc(/C=C/C(=O)O[C@H](C)C(=O)N(C)CCC#N)ccc2c1. The number of carbonyl (C=O) groups excluding carboxylic acids is 2. The molecule has 2 aromatic carbocycles. The summed E-state index contributed by atoms with van der Waals surface area (Å²) < 4.78 is 10.3. The molecule has 0 radical (unpaired) electrons. The van der Waals surface area contributed by atoms with Gasteiger partial charge in [-0.15, -0.1) is 0 Å². The van der Waals surface area contributed by atoms with Crippen LogP contribution in [0.3, 0.4) is 0 Å². The minimum atomic E-state index is -0.907. The first kappa shape index (κ1) is 20.0. The van der Waals surface area contributed by atoms with Crippen LogP contribution in [-0.2, 0) is 14.3 Å². The highest BCUT2D eigenvalue weighted by Crippen LogP contribution is 2.22. The molecule has 0 fully saturated rings. The summed E-state index contributed by atoms with van der Waals surface area (Å²) in [6, 6.07) is 13.5. The third kappa shape index (κ3) is 5.58. The average molecular weight is 366 g/mol. The second-order valence-electron chi connectivity index (χ2n) is 6.05. The second kappa shape index (κ2) is 9.39. The van der Waals surface area contributed by atoms with Gasteiger partial charge in [-0.2, -0.15) is 5.26 Å². The van der Waals surface area contributed by atoms with Gasteiger partial charge in [0.2, 0.25) is 0 Å². The number of fused-ring (bicyclic) bond motifs is 1. The van der Waals surface area contributed by atoms with Gasteiger partial charge in [-0.3, -0.25) is 4.79 Å². The number of hydrogen-bond donors (Lipinski definition) is 0. The Hall–Kier alpha value is -3.33. The molecule has 1 atom stereocenters. The minimum absolute atomic E-state index is 0.233. The van der Waals surface area contributed by atoms with Crippen molar-refractivity contribution in [2.24, 2.45) is 0 Å². The van der Waals surface area contributed by atoms with Crippen LogP contribution in [-0.4, -0.2) is 43.6 Å². The van der Waals surface area contributed by atoms with Crippen molar-refractivity contribution in [2.75, 3.05) is 20.7 Å². The Bertz CT molecular complexity index is 899. The number of methoxy groups -OCH3 is 1. The molecule has 2 aromatic rings. The number of hydrogen-bond acceptors (Lipinski definition) is 5. The van der Waals surface area contributed by atoms with Gasteiger partial charge >= 0.3 is 5.97 Å². The number of likely N-dealkylation sites (N-methyl/N-ethyl adjacent to an activating group) is 1. The van der Waals surface area contributed by atoms with Crippen molar-refractivity contribution in [3.05, 3.63) is 48.0 Å². The van der Waals surface area contributed by atoms with Crippen LogP contribution < -0.4 is 4.74 Å². The monoisotopic (exact) mass is 366 g/mol. The minimum Gasteiger partial charge on any atom is -0.497 e. The molecule has 0 heterocycles. The zero-order valence-corrected chi connectivity index (χ0v) is 15.6. The number of benzene rings is 2. The fourth-order valence-corrected chi connectivity index (χ4v) is 2.54. The summed E-state index contributed by atoms with van der Waals surface area (Å²) in [6.45, 7) is 1.81. The highest BCUT2D eigenvalue weighted by atomic mass is 16.5. The van der Waals surface area contributed by atoms with Gasteiger partial charge in [0.05, 0.1) is 19.6 Å². The normalized spacial score (nSPS) is 11.8. The predicted molar refractivity (Wildman–Crippen MR) is 103 cm³/mol. The molecule has 6 heteroatoms. The van der Waals surface area contributed by atoms with Gasteiger partial charge in [-0.1, -0.05) is 18.2 Å². The molecule has 140 valence electrons. The molecule has 1 amide bonds. The molecule has 0 saturated carbocycles. The molecule has 0 aliphatic carbocycles. The summed E-state index contributed by atoms with van der Waals surface area (Å²) in [7, 11) is 3.20. The van der Waals surface area contributed by atoms with Crippen molar-refractivity contribution in [3.63, 3.8) is 0 Å². The van der Waals surface area contributed by atoms with Crippen LogP contribution in [0, 0.1) is 11.3 Å². The lowest BCUT2D eigenvalue weighted by atomic mass is 10.1. The molecule has 0 aliphatic heterocycles. The van der Waals surface area contributed by atoms with Crippen molar-refractivity contribution in [1.29, 1.82) is 5.26 Å². The maximum Gasteiger partial charge on any atom is 0.331 e. The third-order valence-electron chi connectivity index (χ3n) is 4.06. The largest absolute Gasteiger partial charge is 0.497 e. The third-order valence-corrected chi connectivity index (χ3v) is 4.06. The summed E-state index contributed by atoms with van der Waals surface area (Å²) in [4.78, 5) is 25.4. The molecule has 0 aliphatic rings.